The Morgan fingerprint density at radius 1 is 1.38 bits per heavy atom. The molecule has 1 amide bonds. The summed E-state index contributed by atoms with van der Waals surface area (Å²) in [6.45, 7) is 2.84. The number of para-hydroxylation sites is 1. The highest BCUT2D eigenvalue weighted by Gasteiger charge is 2.23. The van der Waals surface area contributed by atoms with Gasteiger partial charge in [0.05, 0.1) is 19.8 Å². The largest absolute Gasteiger partial charge is 0.395 e. The monoisotopic (exact) mass is 292 g/mol. The van der Waals surface area contributed by atoms with Gasteiger partial charge in [0.25, 0.3) is 0 Å². The summed E-state index contributed by atoms with van der Waals surface area (Å²) in [4.78, 5) is 16.4. The third-order valence-electron chi connectivity index (χ3n) is 3.80. The minimum Gasteiger partial charge on any atom is -0.395 e. The van der Waals surface area contributed by atoms with Gasteiger partial charge in [0.15, 0.2) is 0 Å². The van der Waals surface area contributed by atoms with E-state index in [1.807, 2.05) is 28.0 Å². The zero-order chi connectivity index (χ0) is 15.1. The average molecular weight is 292 g/mol. The maximum Gasteiger partial charge on any atom is 0.241 e. The van der Waals surface area contributed by atoms with Crippen molar-refractivity contribution >= 4 is 11.6 Å². The maximum absolute atomic E-state index is 12.6. The van der Waals surface area contributed by atoms with Crippen molar-refractivity contribution in [2.24, 2.45) is 0 Å². The first kappa shape index (κ1) is 15.9. The second-order valence-corrected chi connectivity index (χ2v) is 5.27. The molecule has 1 heterocycles. The van der Waals surface area contributed by atoms with Gasteiger partial charge in [0.1, 0.15) is 0 Å². The molecule has 21 heavy (non-hydrogen) atoms. The normalized spacial score (nSPS) is 14.3. The molecule has 1 aliphatic rings. The first-order chi connectivity index (χ1) is 10.3. The number of nitrogens with zero attached hydrogens (tertiary/aromatic N) is 2. The van der Waals surface area contributed by atoms with E-state index >= 15 is 0 Å². The molecule has 116 valence electrons. The second kappa shape index (κ2) is 8.12. The Bertz CT molecular complexity index is 465. The van der Waals surface area contributed by atoms with E-state index in [1.165, 1.54) is 5.56 Å². The predicted molar refractivity (Wildman–Crippen MR) is 82.5 cm³/mol. The highest BCUT2D eigenvalue weighted by molar-refractivity contribution is 5.95. The Hall–Kier alpha value is -1.43. The highest BCUT2D eigenvalue weighted by atomic mass is 16.5. The molecule has 2 rings (SSSR count). The minimum atomic E-state index is 0.0492. The molecule has 1 aliphatic heterocycles. The van der Waals surface area contributed by atoms with Gasteiger partial charge in [0, 0.05) is 32.4 Å². The number of aliphatic hydroxyl groups is 1. The Morgan fingerprint density at radius 3 is 2.95 bits per heavy atom. The van der Waals surface area contributed by atoms with Crippen molar-refractivity contribution in [3.05, 3.63) is 29.8 Å². The summed E-state index contributed by atoms with van der Waals surface area (Å²) in [5.74, 6) is 0.0895. The number of aryl methyl sites for hydroxylation is 1. The summed E-state index contributed by atoms with van der Waals surface area (Å²) in [6, 6.07) is 8.09. The van der Waals surface area contributed by atoms with Crippen molar-refractivity contribution in [3.63, 3.8) is 0 Å². The maximum atomic E-state index is 12.6. The third-order valence-corrected chi connectivity index (χ3v) is 3.80. The standard InChI is InChI=1S/C16H24N2O3/c1-21-12-10-17(9-11-19)13-16(20)18-8-4-6-14-5-2-3-7-15(14)18/h2-3,5,7,19H,4,6,8-13H2,1H3. The van der Waals surface area contributed by atoms with E-state index < -0.39 is 0 Å². The van der Waals surface area contributed by atoms with Crippen LogP contribution < -0.4 is 4.90 Å². The van der Waals surface area contributed by atoms with E-state index in [0.29, 0.717) is 26.2 Å². The molecule has 5 nitrogen and oxygen atoms in total. The van der Waals surface area contributed by atoms with E-state index in [9.17, 15) is 4.79 Å². The van der Waals surface area contributed by atoms with E-state index in [-0.39, 0.29) is 12.5 Å². The minimum absolute atomic E-state index is 0.0492. The first-order valence-electron chi connectivity index (χ1n) is 7.46. The lowest BCUT2D eigenvalue weighted by Crippen LogP contribution is -2.44. The van der Waals surface area contributed by atoms with Crippen molar-refractivity contribution in [3.8, 4) is 0 Å². The number of rotatable bonds is 7. The van der Waals surface area contributed by atoms with Crippen LogP contribution in [0.3, 0.4) is 0 Å². The summed E-state index contributed by atoms with van der Waals surface area (Å²) in [7, 11) is 1.64. The van der Waals surface area contributed by atoms with Gasteiger partial charge in [-0.2, -0.15) is 0 Å². The molecule has 0 bridgehead atoms. The van der Waals surface area contributed by atoms with Gasteiger partial charge in [-0.1, -0.05) is 18.2 Å². The number of carbonyl (C=O) groups excluding carboxylic acids is 1. The van der Waals surface area contributed by atoms with E-state index in [2.05, 4.69) is 6.07 Å². The number of methoxy groups -OCH3 is 1. The van der Waals surface area contributed by atoms with Gasteiger partial charge in [-0.05, 0) is 24.5 Å². The lowest BCUT2D eigenvalue weighted by molar-refractivity contribution is -0.120. The number of anilines is 1. The molecule has 0 spiro atoms. The van der Waals surface area contributed by atoms with E-state index in [1.54, 1.807) is 7.11 Å². The van der Waals surface area contributed by atoms with Crippen LogP contribution in [0.15, 0.2) is 24.3 Å². The van der Waals surface area contributed by atoms with Gasteiger partial charge in [-0.15, -0.1) is 0 Å². The van der Waals surface area contributed by atoms with Crippen LogP contribution in [0.4, 0.5) is 5.69 Å². The molecule has 0 saturated heterocycles. The quantitative estimate of drug-likeness (QED) is 0.811. The number of fused-ring (bicyclic) bond motifs is 1. The van der Waals surface area contributed by atoms with Crippen LogP contribution in [0.1, 0.15) is 12.0 Å². The van der Waals surface area contributed by atoms with E-state index in [0.717, 1.165) is 25.1 Å². The first-order valence-corrected chi connectivity index (χ1v) is 7.46. The summed E-state index contributed by atoms with van der Waals surface area (Å²) in [6.07, 6.45) is 2.03. The zero-order valence-electron chi connectivity index (χ0n) is 12.6. The lowest BCUT2D eigenvalue weighted by Gasteiger charge is -2.31. The lowest BCUT2D eigenvalue weighted by atomic mass is 10.0. The topological polar surface area (TPSA) is 53.0 Å². The van der Waals surface area contributed by atoms with Crippen LogP contribution in [-0.4, -0.2) is 62.4 Å². The third kappa shape index (κ3) is 4.27. The molecule has 0 aliphatic carbocycles. The van der Waals surface area contributed by atoms with E-state index in [4.69, 9.17) is 9.84 Å². The van der Waals surface area contributed by atoms with Crippen LogP contribution in [0.5, 0.6) is 0 Å². The number of aliphatic hydroxyl groups excluding tert-OH is 1. The fourth-order valence-corrected chi connectivity index (χ4v) is 2.70. The number of hydrogen-bond donors (Lipinski definition) is 1. The molecule has 0 radical (unpaired) electrons. The number of hydrogen-bond acceptors (Lipinski definition) is 4. The molecule has 0 saturated carbocycles. The number of carbonyl (C=O) groups is 1. The van der Waals surface area contributed by atoms with Crippen molar-refractivity contribution < 1.29 is 14.6 Å². The smallest absolute Gasteiger partial charge is 0.241 e. The van der Waals surface area contributed by atoms with Crippen LogP contribution >= 0.6 is 0 Å². The molecular formula is C16H24N2O3. The number of benzene rings is 1. The SMILES string of the molecule is COCCN(CCO)CC(=O)N1CCCc2ccccc21. The fourth-order valence-electron chi connectivity index (χ4n) is 2.70. The van der Waals surface area contributed by atoms with Gasteiger partial charge in [-0.3, -0.25) is 9.69 Å². The number of amides is 1. The summed E-state index contributed by atoms with van der Waals surface area (Å²) in [5, 5.41) is 9.11. The van der Waals surface area contributed by atoms with Crippen LogP contribution in [0, 0.1) is 0 Å². The fraction of sp³-hybridized carbons (Fsp3) is 0.562. The summed E-state index contributed by atoms with van der Waals surface area (Å²) < 4.78 is 5.05. The Morgan fingerprint density at radius 2 is 2.19 bits per heavy atom. The Labute approximate surface area is 126 Å². The molecule has 1 N–H and O–H groups in total. The summed E-state index contributed by atoms with van der Waals surface area (Å²) >= 11 is 0. The molecule has 0 fully saturated rings. The molecule has 0 aromatic heterocycles. The van der Waals surface area contributed by atoms with Crippen molar-refractivity contribution in [1.29, 1.82) is 0 Å². The predicted octanol–water partition coefficient (Wildman–Crippen LogP) is 0.907. The number of ether oxygens (including phenoxy) is 1. The van der Waals surface area contributed by atoms with Crippen molar-refractivity contribution in [2.75, 3.05) is 51.4 Å². The Balaban J connectivity index is 2.02. The molecule has 5 heteroatoms. The van der Waals surface area contributed by atoms with Crippen LogP contribution in [0.2, 0.25) is 0 Å². The van der Waals surface area contributed by atoms with Gasteiger partial charge < -0.3 is 14.7 Å². The highest BCUT2D eigenvalue weighted by Crippen LogP contribution is 2.26. The van der Waals surface area contributed by atoms with Gasteiger partial charge in [0.2, 0.25) is 5.91 Å². The molecule has 1 aromatic carbocycles. The molecule has 0 unspecified atom stereocenters. The Kier molecular flexibility index (Phi) is 6.17. The second-order valence-electron chi connectivity index (χ2n) is 5.27. The van der Waals surface area contributed by atoms with Crippen molar-refractivity contribution in [2.45, 2.75) is 12.8 Å². The van der Waals surface area contributed by atoms with Crippen LogP contribution in [-0.2, 0) is 16.0 Å². The molecule has 1 aromatic rings. The molecular weight excluding hydrogens is 268 g/mol. The zero-order valence-corrected chi connectivity index (χ0v) is 12.6. The molecule has 0 atom stereocenters. The van der Waals surface area contributed by atoms with Crippen molar-refractivity contribution in [1.82, 2.24) is 4.90 Å². The summed E-state index contributed by atoms with van der Waals surface area (Å²) in [5.41, 5.74) is 2.27. The van der Waals surface area contributed by atoms with Gasteiger partial charge >= 0.3 is 0 Å². The average Bonchev–Trinajstić information content (AvgIpc) is 2.52. The van der Waals surface area contributed by atoms with Gasteiger partial charge in [-0.25, -0.2) is 0 Å². The van der Waals surface area contributed by atoms with Crippen LogP contribution in [0.25, 0.3) is 0 Å².